The molecule has 3 heterocycles. The second-order valence-electron chi connectivity index (χ2n) is 5.24. The molecule has 0 saturated carbocycles. The molecule has 7 nitrogen and oxygen atoms in total. The van der Waals surface area contributed by atoms with Crippen molar-refractivity contribution in [2.45, 2.75) is 12.6 Å². The maximum atomic E-state index is 12.5. The van der Waals surface area contributed by atoms with Gasteiger partial charge in [-0.2, -0.15) is 0 Å². The van der Waals surface area contributed by atoms with Gasteiger partial charge in [0.05, 0.1) is 34.8 Å². The number of carbonyl (C=O) groups is 1. The number of hydrogen-bond donors (Lipinski definition) is 4. The summed E-state index contributed by atoms with van der Waals surface area (Å²) in [6.07, 6.45) is 1.54. The van der Waals surface area contributed by atoms with Gasteiger partial charge < -0.3 is 21.1 Å². The summed E-state index contributed by atoms with van der Waals surface area (Å²) in [5, 5.41) is 14.9. The van der Waals surface area contributed by atoms with Gasteiger partial charge in [-0.25, -0.2) is 4.98 Å². The van der Waals surface area contributed by atoms with Gasteiger partial charge in [0.1, 0.15) is 10.7 Å². The van der Waals surface area contributed by atoms with E-state index in [2.05, 4.69) is 20.3 Å². The summed E-state index contributed by atoms with van der Waals surface area (Å²) >= 11 is 7.18. The third-order valence-electron chi connectivity index (χ3n) is 3.50. The van der Waals surface area contributed by atoms with Gasteiger partial charge in [0.2, 0.25) is 0 Å². The number of amides is 1. The zero-order valence-electron chi connectivity index (χ0n) is 13.1. The number of thiazole rings is 1. The number of rotatable bonds is 6. The van der Waals surface area contributed by atoms with Crippen molar-refractivity contribution in [2.24, 2.45) is 5.73 Å². The SMILES string of the molecule is NCC(NC(=O)c1ccc(-c2ccc(Cl)cn2)[nH]1)c1nc(CO)cs1. The Balaban J connectivity index is 1.73. The maximum absolute atomic E-state index is 12.5. The molecule has 130 valence electrons. The molecule has 3 aromatic rings. The Morgan fingerprint density at radius 1 is 1.40 bits per heavy atom. The standard InChI is InChI=1S/C16H16ClN5O2S/c17-9-1-2-11(19-6-9)12-3-4-13(21-12)15(24)22-14(5-18)16-20-10(7-23)8-25-16/h1-4,6,8,14,21,23H,5,7,18H2,(H,22,24). The lowest BCUT2D eigenvalue weighted by molar-refractivity contribution is 0.0933. The molecule has 0 aliphatic rings. The third kappa shape index (κ3) is 4.05. The Hall–Kier alpha value is -2.26. The van der Waals surface area contributed by atoms with E-state index >= 15 is 0 Å². The number of H-pyrrole nitrogens is 1. The van der Waals surface area contributed by atoms with Gasteiger partial charge in [-0.3, -0.25) is 9.78 Å². The monoisotopic (exact) mass is 377 g/mol. The van der Waals surface area contributed by atoms with Gasteiger partial charge in [-0.05, 0) is 24.3 Å². The first-order valence-electron chi connectivity index (χ1n) is 7.47. The van der Waals surface area contributed by atoms with Crippen LogP contribution in [0.4, 0.5) is 0 Å². The van der Waals surface area contributed by atoms with Crippen molar-refractivity contribution in [1.29, 1.82) is 0 Å². The van der Waals surface area contributed by atoms with Crippen LogP contribution in [0.1, 0.15) is 27.2 Å². The zero-order chi connectivity index (χ0) is 17.8. The average Bonchev–Trinajstić information content (AvgIpc) is 3.29. The molecule has 5 N–H and O–H groups in total. The zero-order valence-corrected chi connectivity index (χ0v) is 14.6. The number of hydrogen-bond acceptors (Lipinski definition) is 6. The summed E-state index contributed by atoms with van der Waals surface area (Å²) in [5.41, 5.74) is 8.10. The van der Waals surface area contributed by atoms with Crippen LogP contribution in [0.5, 0.6) is 0 Å². The molecule has 25 heavy (non-hydrogen) atoms. The molecular weight excluding hydrogens is 362 g/mol. The van der Waals surface area contributed by atoms with Crippen LogP contribution in [0.3, 0.4) is 0 Å². The van der Waals surface area contributed by atoms with Crippen molar-refractivity contribution >= 4 is 28.8 Å². The van der Waals surface area contributed by atoms with E-state index in [9.17, 15) is 4.79 Å². The molecule has 0 aromatic carbocycles. The summed E-state index contributed by atoms with van der Waals surface area (Å²) in [7, 11) is 0. The molecule has 1 amide bonds. The average molecular weight is 378 g/mol. The lowest BCUT2D eigenvalue weighted by Gasteiger charge is -2.13. The van der Waals surface area contributed by atoms with Crippen LogP contribution in [0.25, 0.3) is 11.4 Å². The maximum Gasteiger partial charge on any atom is 0.268 e. The predicted octanol–water partition coefficient (Wildman–Crippen LogP) is 2.11. The number of halogens is 1. The minimum atomic E-state index is -0.418. The molecule has 0 aliphatic carbocycles. The van der Waals surface area contributed by atoms with Gasteiger partial charge in [-0.1, -0.05) is 11.6 Å². The third-order valence-corrected chi connectivity index (χ3v) is 4.74. The highest BCUT2D eigenvalue weighted by atomic mass is 35.5. The Kier molecular flexibility index (Phi) is 5.44. The summed E-state index contributed by atoms with van der Waals surface area (Å²) in [6, 6.07) is 6.53. The number of aromatic amines is 1. The molecular formula is C16H16ClN5O2S. The van der Waals surface area contributed by atoms with E-state index in [4.69, 9.17) is 22.4 Å². The Bertz CT molecular complexity index is 862. The van der Waals surface area contributed by atoms with E-state index in [-0.39, 0.29) is 19.1 Å². The summed E-state index contributed by atoms with van der Waals surface area (Å²) in [5.74, 6) is -0.295. The van der Waals surface area contributed by atoms with E-state index in [1.807, 2.05) is 0 Å². The van der Waals surface area contributed by atoms with Crippen LogP contribution >= 0.6 is 22.9 Å². The number of carbonyl (C=O) groups excluding carboxylic acids is 1. The second kappa shape index (κ2) is 7.75. The molecule has 0 fully saturated rings. The molecule has 0 bridgehead atoms. The molecule has 0 saturated heterocycles. The van der Waals surface area contributed by atoms with Gasteiger partial charge in [0, 0.05) is 18.1 Å². The van der Waals surface area contributed by atoms with Crippen LogP contribution in [0.2, 0.25) is 5.02 Å². The molecule has 0 aliphatic heterocycles. The fourth-order valence-electron chi connectivity index (χ4n) is 2.22. The number of pyridine rings is 1. The minimum Gasteiger partial charge on any atom is -0.390 e. The Morgan fingerprint density at radius 3 is 2.88 bits per heavy atom. The molecule has 0 radical (unpaired) electrons. The van der Waals surface area contributed by atoms with Crippen molar-refractivity contribution in [3.63, 3.8) is 0 Å². The van der Waals surface area contributed by atoms with E-state index in [1.54, 1.807) is 35.8 Å². The number of nitrogens with one attached hydrogen (secondary N) is 2. The number of nitrogens with zero attached hydrogens (tertiary/aromatic N) is 2. The predicted molar refractivity (Wildman–Crippen MR) is 96.3 cm³/mol. The minimum absolute atomic E-state index is 0.143. The van der Waals surface area contributed by atoms with Crippen LogP contribution < -0.4 is 11.1 Å². The normalized spacial score (nSPS) is 12.1. The lowest BCUT2D eigenvalue weighted by atomic mass is 10.3. The molecule has 1 atom stereocenters. The van der Waals surface area contributed by atoms with Crippen molar-refractivity contribution in [2.75, 3.05) is 6.54 Å². The number of aliphatic hydroxyl groups is 1. The van der Waals surface area contributed by atoms with Crippen molar-refractivity contribution in [3.05, 3.63) is 57.3 Å². The molecule has 3 rings (SSSR count). The van der Waals surface area contributed by atoms with Crippen LogP contribution in [0.15, 0.2) is 35.8 Å². The fourth-order valence-corrected chi connectivity index (χ4v) is 3.21. The number of aliphatic hydroxyl groups excluding tert-OH is 1. The van der Waals surface area contributed by atoms with E-state index in [0.717, 1.165) is 0 Å². The molecule has 1 unspecified atom stereocenters. The molecule has 0 spiro atoms. The second-order valence-corrected chi connectivity index (χ2v) is 6.57. The molecule has 9 heteroatoms. The summed E-state index contributed by atoms with van der Waals surface area (Å²) in [4.78, 5) is 23.9. The first kappa shape index (κ1) is 17.6. The van der Waals surface area contributed by atoms with Gasteiger partial charge in [0.15, 0.2) is 0 Å². The highest BCUT2D eigenvalue weighted by Crippen LogP contribution is 2.20. The van der Waals surface area contributed by atoms with Crippen molar-refractivity contribution in [1.82, 2.24) is 20.3 Å². The highest BCUT2D eigenvalue weighted by molar-refractivity contribution is 7.09. The summed E-state index contributed by atoms with van der Waals surface area (Å²) in [6.45, 7) is 0.0618. The molecule has 3 aromatic heterocycles. The van der Waals surface area contributed by atoms with Gasteiger partial charge >= 0.3 is 0 Å². The fraction of sp³-hybridized carbons (Fsp3) is 0.188. The summed E-state index contributed by atoms with van der Waals surface area (Å²) < 4.78 is 0. The van der Waals surface area contributed by atoms with E-state index in [1.165, 1.54) is 11.3 Å². The largest absolute Gasteiger partial charge is 0.390 e. The number of nitrogens with two attached hydrogens (primary N) is 1. The Labute approximate surface area is 152 Å². The first-order chi connectivity index (χ1) is 12.1. The van der Waals surface area contributed by atoms with Gasteiger partial charge in [0.25, 0.3) is 5.91 Å². The lowest BCUT2D eigenvalue weighted by Crippen LogP contribution is -2.33. The smallest absolute Gasteiger partial charge is 0.268 e. The first-order valence-corrected chi connectivity index (χ1v) is 8.73. The van der Waals surface area contributed by atoms with Crippen LogP contribution in [-0.4, -0.2) is 32.5 Å². The van der Waals surface area contributed by atoms with E-state index in [0.29, 0.717) is 32.8 Å². The van der Waals surface area contributed by atoms with Crippen LogP contribution in [0, 0.1) is 0 Å². The van der Waals surface area contributed by atoms with Crippen molar-refractivity contribution < 1.29 is 9.90 Å². The van der Waals surface area contributed by atoms with E-state index < -0.39 is 6.04 Å². The van der Waals surface area contributed by atoms with Crippen LogP contribution in [-0.2, 0) is 6.61 Å². The topological polar surface area (TPSA) is 117 Å². The Morgan fingerprint density at radius 2 is 2.24 bits per heavy atom. The van der Waals surface area contributed by atoms with Crippen molar-refractivity contribution in [3.8, 4) is 11.4 Å². The quantitative estimate of drug-likeness (QED) is 0.525. The highest BCUT2D eigenvalue weighted by Gasteiger charge is 2.19. The number of aromatic nitrogens is 3. The van der Waals surface area contributed by atoms with Gasteiger partial charge in [-0.15, -0.1) is 11.3 Å².